The number of rotatable bonds is 5. The average Bonchev–Trinajstić information content (AvgIpc) is 2.37. The highest BCUT2D eigenvalue weighted by molar-refractivity contribution is 5.71. The number of ether oxygens (including phenoxy) is 3. The smallest absolute Gasteiger partial charge is 0.462 e. The highest BCUT2D eigenvalue weighted by atomic mass is 19.1. The van der Waals surface area contributed by atoms with Gasteiger partial charge < -0.3 is 14.2 Å². The molecule has 19 heavy (non-hydrogen) atoms. The van der Waals surface area contributed by atoms with Crippen LogP contribution in [-0.2, 0) is 14.3 Å². The summed E-state index contributed by atoms with van der Waals surface area (Å²) in [6.45, 7) is 3.17. The Bertz CT molecular complexity index is 444. The second-order valence-corrected chi connectivity index (χ2v) is 3.95. The van der Waals surface area contributed by atoms with Crippen LogP contribution >= 0.6 is 0 Å². The summed E-state index contributed by atoms with van der Waals surface area (Å²) < 4.78 is 27.2. The van der Waals surface area contributed by atoms with Gasteiger partial charge in [-0.25, -0.2) is 9.18 Å². The van der Waals surface area contributed by atoms with E-state index >= 15 is 0 Å². The van der Waals surface area contributed by atoms with E-state index in [-0.39, 0.29) is 30.9 Å². The number of para-hydroxylation sites is 1. The molecule has 104 valence electrons. The monoisotopic (exact) mass is 270 g/mol. The minimum Gasteiger partial charge on any atom is -0.462 e. The van der Waals surface area contributed by atoms with E-state index in [0.29, 0.717) is 0 Å². The average molecular weight is 270 g/mol. The first-order valence-corrected chi connectivity index (χ1v) is 5.76. The molecule has 0 saturated carbocycles. The topological polar surface area (TPSA) is 61.8 Å². The van der Waals surface area contributed by atoms with Gasteiger partial charge in [-0.3, -0.25) is 4.79 Å². The lowest BCUT2D eigenvalue weighted by Gasteiger charge is -2.08. The highest BCUT2D eigenvalue weighted by Gasteiger charge is 2.11. The normalized spacial score (nSPS) is 10.1. The summed E-state index contributed by atoms with van der Waals surface area (Å²) >= 11 is 0. The quantitative estimate of drug-likeness (QED) is 0.467. The van der Waals surface area contributed by atoms with Crippen molar-refractivity contribution in [1.29, 1.82) is 0 Å². The number of hydrogen-bond acceptors (Lipinski definition) is 5. The minimum atomic E-state index is -1.05. The van der Waals surface area contributed by atoms with Crippen LogP contribution in [0.1, 0.15) is 13.8 Å². The maximum absolute atomic E-state index is 13.1. The van der Waals surface area contributed by atoms with E-state index in [1.165, 1.54) is 18.2 Å². The van der Waals surface area contributed by atoms with Crippen molar-refractivity contribution in [2.24, 2.45) is 5.92 Å². The Morgan fingerprint density at radius 3 is 2.42 bits per heavy atom. The molecule has 1 rings (SSSR count). The van der Waals surface area contributed by atoms with Crippen LogP contribution in [0.15, 0.2) is 24.3 Å². The molecule has 0 saturated heterocycles. The molecule has 0 radical (unpaired) electrons. The van der Waals surface area contributed by atoms with Gasteiger partial charge in [0.1, 0.15) is 13.2 Å². The second-order valence-electron chi connectivity index (χ2n) is 3.95. The van der Waals surface area contributed by atoms with Crippen molar-refractivity contribution in [1.82, 2.24) is 0 Å². The van der Waals surface area contributed by atoms with Gasteiger partial charge in [-0.15, -0.1) is 0 Å². The zero-order valence-electron chi connectivity index (χ0n) is 10.7. The van der Waals surface area contributed by atoms with Gasteiger partial charge in [-0.05, 0) is 12.1 Å². The molecular weight excluding hydrogens is 255 g/mol. The Labute approximate surface area is 110 Å². The zero-order chi connectivity index (χ0) is 14.3. The summed E-state index contributed by atoms with van der Waals surface area (Å²) in [5, 5.41) is 0. The van der Waals surface area contributed by atoms with Crippen molar-refractivity contribution >= 4 is 12.1 Å². The maximum atomic E-state index is 13.1. The molecule has 0 atom stereocenters. The molecule has 1 aromatic carbocycles. The van der Waals surface area contributed by atoms with E-state index in [9.17, 15) is 14.0 Å². The van der Waals surface area contributed by atoms with Crippen molar-refractivity contribution in [2.45, 2.75) is 13.8 Å². The van der Waals surface area contributed by atoms with E-state index in [0.717, 1.165) is 6.07 Å². The van der Waals surface area contributed by atoms with E-state index in [1.54, 1.807) is 13.8 Å². The standard InChI is InChI=1S/C13H15FO5/c1-9(2)12(15)17-7-8-18-13(16)19-11-6-4-3-5-10(11)14/h3-6,9H,7-8H2,1-2H3. The van der Waals surface area contributed by atoms with Crippen LogP contribution in [0.4, 0.5) is 9.18 Å². The third kappa shape index (κ3) is 5.37. The van der Waals surface area contributed by atoms with Crippen molar-refractivity contribution in [2.75, 3.05) is 13.2 Å². The number of halogens is 1. The van der Waals surface area contributed by atoms with Gasteiger partial charge in [0.25, 0.3) is 0 Å². The molecular formula is C13H15FO5. The van der Waals surface area contributed by atoms with E-state index < -0.39 is 12.0 Å². The lowest BCUT2D eigenvalue weighted by molar-refractivity contribution is -0.148. The molecule has 6 heteroatoms. The Kier molecular flexibility index (Phi) is 5.78. The second kappa shape index (κ2) is 7.35. The molecule has 0 amide bonds. The van der Waals surface area contributed by atoms with Crippen LogP contribution in [0.3, 0.4) is 0 Å². The summed E-state index contributed by atoms with van der Waals surface area (Å²) in [6.07, 6.45) is -1.05. The number of carbonyl (C=O) groups is 2. The SMILES string of the molecule is CC(C)C(=O)OCCOC(=O)Oc1ccccc1F. The molecule has 1 aromatic rings. The predicted octanol–water partition coefficient (Wildman–Crippen LogP) is 2.54. The number of esters is 1. The first-order chi connectivity index (χ1) is 9.00. The van der Waals surface area contributed by atoms with Gasteiger partial charge in [0.2, 0.25) is 0 Å². The lowest BCUT2D eigenvalue weighted by Crippen LogP contribution is -2.18. The fraction of sp³-hybridized carbons (Fsp3) is 0.385. The molecule has 0 aliphatic rings. The number of benzene rings is 1. The van der Waals surface area contributed by atoms with Gasteiger partial charge >= 0.3 is 12.1 Å². The Morgan fingerprint density at radius 2 is 1.79 bits per heavy atom. The lowest BCUT2D eigenvalue weighted by atomic mass is 10.2. The summed E-state index contributed by atoms with van der Waals surface area (Å²) in [7, 11) is 0. The van der Waals surface area contributed by atoms with Crippen LogP contribution in [0.25, 0.3) is 0 Å². The van der Waals surface area contributed by atoms with Gasteiger partial charge in [0.05, 0.1) is 5.92 Å². The Balaban J connectivity index is 2.26. The summed E-state index contributed by atoms with van der Waals surface area (Å²) in [5.74, 6) is -1.51. The third-order valence-electron chi connectivity index (χ3n) is 2.05. The fourth-order valence-corrected chi connectivity index (χ4v) is 1.08. The Morgan fingerprint density at radius 1 is 1.16 bits per heavy atom. The van der Waals surface area contributed by atoms with Crippen LogP contribution < -0.4 is 4.74 Å². The molecule has 0 fully saturated rings. The molecule has 0 heterocycles. The largest absolute Gasteiger partial charge is 0.514 e. The number of carbonyl (C=O) groups excluding carboxylic acids is 2. The molecule has 5 nitrogen and oxygen atoms in total. The molecule has 0 N–H and O–H groups in total. The molecule has 0 bridgehead atoms. The summed E-state index contributed by atoms with van der Waals surface area (Å²) in [6, 6.07) is 5.46. The zero-order valence-corrected chi connectivity index (χ0v) is 10.7. The van der Waals surface area contributed by atoms with Crippen molar-refractivity contribution in [3.63, 3.8) is 0 Å². The predicted molar refractivity (Wildman–Crippen MR) is 64.2 cm³/mol. The van der Waals surface area contributed by atoms with Gasteiger partial charge in [0.15, 0.2) is 11.6 Å². The number of hydrogen-bond donors (Lipinski definition) is 0. The van der Waals surface area contributed by atoms with Crippen molar-refractivity contribution < 1.29 is 28.2 Å². The molecule has 0 unspecified atom stereocenters. The summed E-state index contributed by atoms with van der Waals surface area (Å²) in [5.41, 5.74) is 0. The third-order valence-corrected chi connectivity index (χ3v) is 2.05. The van der Waals surface area contributed by atoms with E-state index in [2.05, 4.69) is 9.47 Å². The van der Waals surface area contributed by atoms with Gasteiger partial charge in [-0.1, -0.05) is 26.0 Å². The first kappa shape index (κ1) is 14.9. The molecule has 0 aliphatic heterocycles. The van der Waals surface area contributed by atoms with Crippen LogP contribution in [0.5, 0.6) is 5.75 Å². The van der Waals surface area contributed by atoms with E-state index in [1.807, 2.05) is 0 Å². The van der Waals surface area contributed by atoms with E-state index in [4.69, 9.17) is 4.74 Å². The maximum Gasteiger partial charge on any atom is 0.514 e. The van der Waals surface area contributed by atoms with Crippen molar-refractivity contribution in [3.05, 3.63) is 30.1 Å². The van der Waals surface area contributed by atoms with Crippen LogP contribution in [-0.4, -0.2) is 25.3 Å². The first-order valence-electron chi connectivity index (χ1n) is 5.76. The molecule has 0 aliphatic carbocycles. The van der Waals surface area contributed by atoms with Crippen molar-refractivity contribution in [3.8, 4) is 5.75 Å². The summed E-state index contributed by atoms with van der Waals surface area (Å²) in [4.78, 5) is 22.3. The van der Waals surface area contributed by atoms with Crippen LogP contribution in [0, 0.1) is 11.7 Å². The molecule has 0 spiro atoms. The highest BCUT2D eigenvalue weighted by Crippen LogP contribution is 2.15. The van der Waals surface area contributed by atoms with Gasteiger partial charge in [0, 0.05) is 0 Å². The fourth-order valence-electron chi connectivity index (χ4n) is 1.08. The van der Waals surface area contributed by atoms with Crippen LogP contribution in [0.2, 0.25) is 0 Å². The molecule has 0 aromatic heterocycles. The van der Waals surface area contributed by atoms with Gasteiger partial charge in [-0.2, -0.15) is 0 Å². The Hall–Kier alpha value is -2.11. The minimum absolute atomic E-state index is 0.0661.